The first-order valence-electron chi connectivity index (χ1n) is 5.90. The van der Waals surface area contributed by atoms with Gasteiger partial charge in [-0.3, -0.25) is 9.59 Å². The Hall–Kier alpha value is -1.88. The van der Waals surface area contributed by atoms with Gasteiger partial charge < -0.3 is 16.2 Å². The third-order valence-electron chi connectivity index (χ3n) is 2.64. The predicted molar refractivity (Wildman–Crippen MR) is 69.3 cm³/mol. The highest BCUT2D eigenvalue weighted by Crippen LogP contribution is 2.10. The highest BCUT2D eigenvalue weighted by Gasteiger charge is 2.14. The van der Waals surface area contributed by atoms with Crippen molar-refractivity contribution in [2.45, 2.75) is 32.2 Å². The molecule has 0 saturated carbocycles. The van der Waals surface area contributed by atoms with E-state index in [-0.39, 0.29) is 18.7 Å². The molecule has 5 nitrogen and oxygen atoms in total. The molecule has 4 N–H and O–H groups in total. The van der Waals surface area contributed by atoms with E-state index < -0.39 is 12.0 Å². The molecule has 0 fully saturated rings. The summed E-state index contributed by atoms with van der Waals surface area (Å²) in [6, 6.07) is 6.67. The Balaban J connectivity index is 2.49. The molecular weight excluding hydrogens is 232 g/mol. The minimum Gasteiger partial charge on any atom is -0.481 e. The Labute approximate surface area is 106 Å². The van der Waals surface area contributed by atoms with Gasteiger partial charge in [-0.1, -0.05) is 19.1 Å². The van der Waals surface area contributed by atoms with Crippen LogP contribution in [-0.2, 0) is 16.0 Å². The molecule has 0 spiro atoms. The van der Waals surface area contributed by atoms with E-state index in [1.54, 1.807) is 12.1 Å². The zero-order chi connectivity index (χ0) is 13.5. The van der Waals surface area contributed by atoms with Crippen LogP contribution in [0.5, 0.6) is 0 Å². The summed E-state index contributed by atoms with van der Waals surface area (Å²) in [7, 11) is 0. The van der Waals surface area contributed by atoms with Gasteiger partial charge in [0.25, 0.3) is 0 Å². The van der Waals surface area contributed by atoms with Crippen molar-refractivity contribution in [2.75, 3.05) is 5.32 Å². The highest BCUT2D eigenvalue weighted by molar-refractivity contribution is 5.94. The molecule has 98 valence electrons. The SMILES string of the molecule is CCc1ccc(NC(=O)[C@@H](N)CCC(=O)O)cc1. The largest absolute Gasteiger partial charge is 0.481 e. The number of carboxylic acids is 1. The molecule has 0 bridgehead atoms. The van der Waals surface area contributed by atoms with E-state index in [0.717, 1.165) is 6.42 Å². The Morgan fingerprint density at radius 2 is 1.94 bits per heavy atom. The number of hydrogen-bond donors (Lipinski definition) is 3. The highest BCUT2D eigenvalue weighted by atomic mass is 16.4. The van der Waals surface area contributed by atoms with Crippen molar-refractivity contribution in [1.82, 2.24) is 0 Å². The number of aryl methyl sites for hydroxylation is 1. The van der Waals surface area contributed by atoms with E-state index in [1.807, 2.05) is 12.1 Å². The maximum absolute atomic E-state index is 11.7. The number of anilines is 1. The standard InChI is InChI=1S/C13H18N2O3/c1-2-9-3-5-10(6-4-9)15-13(18)11(14)7-8-12(16)17/h3-6,11H,2,7-8,14H2,1H3,(H,15,18)(H,16,17)/t11-/m0/s1. The summed E-state index contributed by atoms with van der Waals surface area (Å²) >= 11 is 0. The molecule has 0 radical (unpaired) electrons. The normalized spacial score (nSPS) is 11.9. The van der Waals surface area contributed by atoms with E-state index in [0.29, 0.717) is 5.69 Å². The van der Waals surface area contributed by atoms with Crippen molar-refractivity contribution in [2.24, 2.45) is 5.73 Å². The number of aliphatic carboxylic acids is 1. The molecule has 18 heavy (non-hydrogen) atoms. The maximum Gasteiger partial charge on any atom is 0.303 e. The van der Waals surface area contributed by atoms with Gasteiger partial charge in [0.05, 0.1) is 6.04 Å². The van der Waals surface area contributed by atoms with Crippen LogP contribution in [0.3, 0.4) is 0 Å². The summed E-state index contributed by atoms with van der Waals surface area (Å²) in [6.45, 7) is 2.05. The van der Waals surface area contributed by atoms with Crippen LogP contribution in [0.1, 0.15) is 25.3 Å². The van der Waals surface area contributed by atoms with Crippen molar-refractivity contribution in [3.63, 3.8) is 0 Å². The molecule has 0 heterocycles. The zero-order valence-corrected chi connectivity index (χ0v) is 10.3. The monoisotopic (exact) mass is 250 g/mol. The van der Waals surface area contributed by atoms with Crippen LogP contribution >= 0.6 is 0 Å². The van der Waals surface area contributed by atoms with E-state index in [1.165, 1.54) is 5.56 Å². The first-order valence-corrected chi connectivity index (χ1v) is 5.90. The average Bonchev–Trinajstić information content (AvgIpc) is 2.36. The van der Waals surface area contributed by atoms with Crippen molar-refractivity contribution < 1.29 is 14.7 Å². The van der Waals surface area contributed by atoms with Gasteiger partial charge in [0, 0.05) is 12.1 Å². The zero-order valence-electron chi connectivity index (χ0n) is 10.3. The Morgan fingerprint density at radius 3 is 2.44 bits per heavy atom. The fourth-order valence-corrected chi connectivity index (χ4v) is 1.47. The van der Waals surface area contributed by atoms with Crippen molar-refractivity contribution in [3.05, 3.63) is 29.8 Å². The average molecular weight is 250 g/mol. The number of carboxylic acid groups (broad SMARTS) is 1. The Kier molecular flexibility index (Phi) is 5.32. The van der Waals surface area contributed by atoms with E-state index in [4.69, 9.17) is 10.8 Å². The van der Waals surface area contributed by atoms with Crippen LogP contribution < -0.4 is 11.1 Å². The lowest BCUT2D eigenvalue weighted by atomic mass is 10.1. The molecule has 5 heteroatoms. The molecule has 1 atom stereocenters. The summed E-state index contributed by atoms with van der Waals surface area (Å²) in [5.74, 6) is -1.31. The van der Waals surface area contributed by atoms with Crippen LogP contribution in [0, 0.1) is 0 Å². The maximum atomic E-state index is 11.7. The third kappa shape index (κ3) is 4.55. The molecule has 1 rings (SSSR count). The minimum absolute atomic E-state index is 0.108. The van der Waals surface area contributed by atoms with E-state index >= 15 is 0 Å². The summed E-state index contributed by atoms with van der Waals surface area (Å²) in [4.78, 5) is 22.0. The molecule has 0 saturated heterocycles. The fraction of sp³-hybridized carbons (Fsp3) is 0.385. The number of amides is 1. The Bertz CT molecular complexity index is 415. The lowest BCUT2D eigenvalue weighted by molar-refractivity contribution is -0.137. The number of benzene rings is 1. The van der Waals surface area contributed by atoms with Gasteiger partial charge in [-0.05, 0) is 30.5 Å². The molecule has 0 unspecified atom stereocenters. The first kappa shape index (κ1) is 14.2. The molecule has 1 aromatic carbocycles. The fourth-order valence-electron chi connectivity index (χ4n) is 1.47. The third-order valence-corrected chi connectivity index (χ3v) is 2.64. The van der Waals surface area contributed by atoms with Crippen molar-refractivity contribution >= 4 is 17.6 Å². The lowest BCUT2D eigenvalue weighted by Gasteiger charge is -2.11. The minimum atomic E-state index is -0.953. The van der Waals surface area contributed by atoms with Gasteiger partial charge in [-0.15, -0.1) is 0 Å². The number of nitrogens with two attached hydrogens (primary N) is 1. The van der Waals surface area contributed by atoms with Crippen molar-refractivity contribution in [3.8, 4) is 0 Å². The molecule has 0 aliphatic carbocycles. The van der Waals surface area contributed by atoms with Gasteiger partial charge in [0.15, 0.2) is 0 Å². The van der Waals surface area contributed by atoms with Crippen LogP contribution in [0.25, 0.3) is 0 Å². The number of nitrogens with one attached hydrogen (secondary N) is 1. The number of carbonyl (C=O) groups excluding carboxylic acids is 1. The quantitative estimate of drug-likeness (QED) is 0.711. The van der Waals surface area contributed by atoms with E-state index in [9.17, 15) is 9.59 Å². The van der Waals surface area contributed by atoms with Crippen LogP contribution in [0.15, 0.2) is 24.3 Å². The van der Waals surface area contributed by atoms with Crippen LogP contribution in [-0.4, -0.2) is 23.0 Å². The number of rotatable bonds is 6. The van der Waals surface area contributed by atoms with Gasteiger partial charge in [0.1, 0.15) is 0 Å². The van der Waals surface area contributed by atoms with E-state index in [2.05, 4.69) is 12.2 Å². The number of carbonyl (C=O) groups is 2. The summed E-state index contributed by atoms with van der Waals surface area (Å²) in [5, 5.41) is 11.2. The van der Waals surface area contributed by atoms with Gasteiger partial charge >= 0.3 is 5.97 Å². The lowest BCUT2D eigenvalue weighted by Crippen LogP contribution is -2.36. The molecular formula is C13H18N2O3. The molecule has 1 amide bonds. The predicted octanol–water partition coefficient (Wildman–Crippen LogP) is 1.38. The summed E-state index contributed by atoms with van der Waals surface area (Å²) in [6.07, 6.45) is 0.962. The molecule has 0 aliphatic heterocycles. The van der Waals surface area contributed by atoms with Crippen molar-refractivity contribution in [1.29, 1.82) is 0 Å². The summed E-state index contributed by atoms with van der Waals surface area (Å²) in [5.41, 5.74) is 7.45. The second-order valence-electron chi connectivity index (χ2n) is 4.08. The molecule has 0 aromatic heterocycles. The topological polar surface area (TPSA) is 92.4 Å². The van der Waals surface area contributed by atoms with Gasteiger partial charge in [0.2, 0.25) is 5.91 Å². The first-order chi connectivity index (χ1) is 8.52. The number of hydrogen-bond acceptors (Lipinski definition) is 3. The Morgan fingerprint density at radius 1 is 1.33 bits per heavy atom. The van der Waals surface area contributed by atoms with Gasteiger partial charge in [-0.2, -0.15) is 0 Å². The molecule has 1 aromatic rings. The van der Waals surface area contributed by atoms with Gasteiger partial charge in [-0.25, -0.2) is 0 Å². The van der Waals surface area contributed by atoms with Crippen LogP contribution in [0.2, 0.25) is 0 Å². The van der Waals surface area contributed by atoms with Crippen LogP contribution in [0.4, 0.5) is 5.69 Å². The second-order valence-corrected chi connectivity index (χ2v) is 4.08. The summed E-state index contributed by atoms with van der Waals surface area (Å²) < 4.78 is 0. The molecule has 0 aliphatic rings. The second kappa shape index (κ2) is 6.76. The smallest absolute Gasteiger partial charge is 0.303 e.